The molecule has 0 aromatic rings. The van der Waals surface area contributed by atoms with Gasteiger partial charge in [0.15, 0.2) is 5.79 Å². The molecule has 1 unspecified atom stereocenters. The van der Waals surface area contributed by atoms with Gasteiger partial charge in [0, 0.05) is 26.7 Å². The predicted octanol–water partition coefficient (Wildman–Crippen LogP) is 3.81. The molecule has 0 saturated carbocycles. The van der Waals surface area contributed by atoms with Crippen LogP contribution in [0.5, 0.6) is 0 Å². The number of methoxy groups -OCH3 is 2. The first kappa shape index (κ1) is 21.2. The zero-order valence-corrected chi connectivity index (χ0v) is 15.0. The quantitative estimate of drug-likeness (QED) is 0.378. The Morgan fingerprint density at radius 2 is 1.64 bits per heavy atom. The van der Waals surface area contributed by atoms with E-state index in [2.05, 4.69) is 19.2 Å². The van der Waals surface area contributed by atoms with Crippen LogP contribution < -0.4 is 11.1 Å². The fraction of sp³-hybridized carbons (Fsp3) is 0.941. The number of ether oxygens (including phenoxy) is 2. The van der Waals surface area contributed by atoms with Crippen molar-refractivity contribution in [3.05, 3.63) is 0 Å². The highest BCUT2D eigenvalue weighted by molar-refractivity contribution is 5.71. The van der Waals surface area contributed by atoms with Gasteiger partial charge in [-0.2, -0.15) is 0 Å². The Labute approximate surface area is 136 Å². The lowest BCUT2D eigenvalue weighted by atomic mass is 9.87. The second-order valence-electron chi connectivity index (χ2n) is 5.91. The van der Waals surface area contributed by atoms with Crippen molar-refractivity contribution in [2.45, 2.75) is 77.4 Å². The van der Waals surface area contributed by atoms with E-state index < -0.39 is 11.8 Å². The maximum Gasteiger partial charge on any atom is 0.312 e. The average Bonchev–Trinajstić information content (AvgIpc) is 2.51. The number of hydrogen-bond donors (Lipinski definition) is 2. The Kier molecular flexibility index (Phi) is 12.2. The van der Waals surface area contributed by atoms with Crippen molar-refractivity contribution in [2.24, 2.45) is 11.7 Å². The van der Waals surface area contributed by atoms with Crippen molar-refractivity contribution in [2.75, 3.05) is 20.8 Å². The molecule has 0 aromatic carbocycles. The Hall–Kier alpha value is -0.810. The number of urea groups is 1. The van der Waals surface area contributed by atoms with Gasteiger partial charge >= 0.3 is 6.03 Å². The number of rotatable bonds is 14. The third-order valence-electron chi connectivity index (χ3n) is 4.50. The summed E-state index contributed by atoms with van der Waals surface area (Å²) in [4.78, 5) is 10.8. The van der Waals surface area contributed by atoms with E-state index in [1.165, 1.54) is 38.5 Å². The molecule has 0 bridgehead atoms. The molecule has 3 N–H and O–H groups in total. The number of hydrogen-bond acceptors (Lipinski definition) is 3. The molecule has 22 heavy (non-hydrogen) atoms. The van der Waals surface area contributed by atoms with Crippen LogP contribution in [-0.2, 0) is 9.47 Å². The summed E-state index contributed by atoms with van der Waals surface area (Å²) in [7, 11) is 3.39. The van der Waals surface area contributed by atoms with Crippen molar-refractivity contribution >= 4 is 6.03 Å². The highest BCUT2D eigenvalue weighted by Gasteiger charge is 2.36. The van der Waals surface area contributed by atoms with Crippen LogP contribution >= 0.6 is 0 Å². The molecule has 5 nitrogen and oxygen atoms in total. The van der Waals surface area contributed by atoms with E-state index in [9.17, 15) is 4.79 Å². The van der Waals surface area contributed by atoms with E-state index in [1.807, 2.05) is 0 Å². The van der Waals surface area contributed by atoms with E-state index in [4.69, 9.17) is 15.2 Å². The van der Waals surface area contributed by atoms with Crippen LogP contribution in [0.2, 0.25) is 0 Å². The minimum atomic E-state index is -0.567. The van der Waals surface area contributed by atoms with Gasteiger partial charge in [-0.1, -0.05) is 52.4 Å². The fourth-order valence-electron chi connectivity index (χ4n) is 3.12. The first-order chi connectivity index (χ1) is 10.6. The number of unbranched alkanes of at least 4 members (excludes halogenated alkanes) is 5. The second kappa shape index (κ2) is 12.7. The Balaban J connectivity index is 4.41. The normalized spacial score (nSPS) is 13.1. The third-order valence-corrected chi connectivity index (χ3v) is 4.50. The topological polar surface area (TPSA) is 73.6 Å². The largest absolute Gasteiger partial charge is 0.353 e. The van der Waals surface area contributed by atoms with Gasteiger partial charge in [-0.3, -0.25) is 0 Å². The lowest BCUT2D eigenvalue weighted by Crippen LogP contribution is -2.43. The summed E-state index contributed by atoms with van der Waals surface area (Å²) >= 11 is 0. The van der Waals surface area contributed by atoms with Gasteiger partial charge in [0.05, 0.1) is 0 Å². The van der Waals surface area contributed by atoms with Gasteiger partial charge in [-0.05, 0) is 19.3 Å². The average molecular weight is 316 g/mol. The molecule has 132 valence electrons. The summed E-state index contributed by atoms with van der Waals surface area (Å²) in [5, 5.41) is 2.67. The lowest BCUT2D eigenvalue weighted by molar-refractivity contribution is -0.244. The van der Waals surface area contributed by atoms with Crippen LogP contribution in [0, 0.1) is 5.92 Å². The summed E-state index contributed by atoms with van der Waals surface area (Å²) in [6, 6.07) is -0.477. The van der Waals surface area contributed by atoms with Gasteiger partial charge in [-0.15, -0.1) is 0 Å². The number of carbonyl (C=O) groups excluding carboxylic acids is 1. The molecular formula is C17H36N2O3. The minimum absolute atomic E-state index is 0.255. The van der Waals surface area contributed by atoms with E-state index in [0.29, 0.717) is 6.54 Å². The summed E-state index contributed by atoms with van der Waals surface area (Å²) < 4.78 is 11.4. The molecular weight excluding hydrogens is 280 g/mol. The lowest BCUT2D eigenvalue weighted by Gasteiger charge is -2.38. The number of amides is 2. The highest BCUT2D eigenvalue weighted by Crippen LogP contribution is 2.33. The summed E-state index contributed by atoms with van der Waals surface area (Å²) in [5.74, 6) is -0.312. The maximum absolute atomic E-state index is 10.8. The van der Waals surface area contributed by atoms with Gasteiger partial charge in [0.2, 0.25) is 0 Å². The molecule has 0 rings (SSSR count). The van der Waals surface area contributed by atoms with Crippen LogP contribution in [0.4, 0.5) is 4.79 Å². The van der Waals surface area contributed by atoms with Crippen molar-refractivity contribution < 1.29 is 14.3 Å². The smallest absolute Gasteiger partial charge is 0.312 e. The van der Waals surface area contributed by atoms with Gasteiger partial charge in [0.1, 0.15) is 0 Å². The molecule has 5 heteroatoms. The zero-order valence-electron chi connectivity index (χ0n) is 15.0. The first-order valence-corrected chi connectivity index (χ1v) is 8.69. The van der Waals surface area contributed by atoms with E-state index >= 15 is 0 Å². The van der Waals surface area contributed by atoms with E-state index in [1.54, 1.807) is 14.2 Å². The van der Waals surface area contributed by atoms with Gasteiger partial charge in [0.25, 0.3) is 0 Å². The van der Waals surface area contributed by atoms with Crippen LogP contribution in [0.25, 0.3) is 0 Å². The minimum Gasteiger partial charge on any atom is -0.353 e. The molecule has 1 atom stereocenters. The van der Waals surface area contributed by atoms with Crippen molar-refractivity contribution in [1.82, 2.24) is 5.32 Å². The molecule has 0 aliphatic heterocycles. The van der Waals surface area contributed by atoms with Gasteiger partial charge in [-0.25, -0.2) is 4.79 Å². The maximum atomic E-state index is 10.8. The van der Waals surface area contributed by atoms with Crippen LogP contribution in [0.3, 0.4) is 0 Å². The molecule has 0 aliphatic carbocycles. The fourth-order valence-corrected chi connectivity index (χ4v) is 3.12. The number of carbonyl (C=O) groups is 1. The molecule has 0 aliphatic rings. The monoisotopic (exact) mass is 316 g/mol. The highest BCUT2D eigenvalue weighted by atomic mass is 16.7. The summed E-state index contributed by atoms with van der Waals surface area (Å²) in [6.07, 6.45) is 10.3. The van der Waals surface area contributed by atoms with Crippen molar-refractivity contribution in [3.63, 3.8) is 0 Å². The Bertz CT molecular complexity index is 273. The number of nitrogens with one attached hydrogen (secondary N) is 1. The van der Waals surface area contributed by atoms with Gasteiger partial charge < -0.3 is 20.5 Å². The molecule has 0 radical (unpaired) electrons. The molecule has 2 amide bonds. The number of primary amides is 1. The van der Waals surface area contributed by atoms with Crippen LogP contribution in [-0.4, -0.2) is 32.6 Å². The van der Waals surface area contributed by atoms with Crippen LogP contribution in [0.15, 0.2) is 0 Å². The first-order valence-electron chi connectivity index (χ1n) is 8.69. The van der Waals surface area contributed by atoms with Crippen molar-refractivity contribution in [3.8, 4) is 0 Å². The molecule has 0 saturated heterocycles. The Morgan fingerprint density at radius 1 is 1.05 bits per heavy atom. The predicted molar refractivity (Wildman–Crippen MR) is 90.7 cm³/mol. The molecule has 0 aromatic heterocycles. The van der Waals surface area contributed by atoms with Crippen LogP contribution in [0.1, 0.15) is 71.6 Å². The van der Waals surface area contributed by atoms with E-state index in [-0.39, 0.29) is 5.92 Å². The second-order valence-corrected chi connectivity index (χ2v) is 5.91. The van der Waals surface area contributed by atoms with E-state index in [0.717, 1.165) is 19.3 Å². The standard InChI is InChI=1S/C17H36N2O3/c1-5-7-8-9-10-11-12-15(13-14-19-16(18)20)17(6-2,21-3)22-4/h15H,5-14H2,1-4H3,(H3,18,19,20). The Morgan fingerprint density at radius 3 is 2.14 bits per heavy atom. The molecule has 0 fully saturated rings. The zero-order chi connectivity index (χ0) is 16.8. The summed E-state index contributed by atoms with van der Waals surface area (Å²) in [6.45, 7) is 4.86. The molecule has 0 heterocycles. The third kappa shape index (κ3) is 7.99. The van der Waals surface area contributed by atoms with Crippen molar-refractivity contribution in [1.29, 1.82) is 0 Å². The summed E-state index contributed by atoms with van der Waals surface area (Å²) in [5.41, 5.74) is 5.14. The number of nitrogens with two attached hydrogens (primary N) is 1. The molecule has 0 spiro atoms. The SMILES string of the molecule is CCCCCCCCC(CCNC(N)=O)C(CC)(OC)OC.